The van der Waals surface area contributed by atoms with Gasteiger partial charge in [0.25, 0.3) is 0 Å². The monoisotopic (exact) mass is 181 g/mol. The fraction of sp³-hybridized carbons (Fsp3) is 0.909. The van der Waals surface area contributed by atoms with Crippen molar-refractivity contribution in [2.75, 3.05) is 6.61 Å². The lowest BCUT2D eigenvalue weighted by molar-refractivity contribution is 0.387. The van der Waals surface area contributed by atoms with Gasteiger partial charge in [-0.25, -0.2) is 0 Å². The van der Waals surface area contributed by atoms with Crippen LogP contribution in [0.2, 0.25) is 0 Å². The summed E-state index contributed by atoms with van der Waals surface area (Å²) in [5.41, 5.74) is 0. The van der Waals surface area contributed by atoms with Crippen molar-refractivity contribution in [1.29, 1.82) is 5.26 Å². The number of nitrogens with zero attached hydrogens (tertiary/aromatic N) is 1. The summed E-state index contributed by atoms with van der Waals surface area (Å²) in [4.78, 5) is 0. The van der Waals surface area contributed by atoms with E-state index < -0.39 is 0 Å². The molecule has 13 heavy (non-hydrogen) atoms. The first-order valence-electron chi connectivity index (χ1n) is 5.42. The van der Waals surface area contributed by atoms with Crippen molar-refractivity contribution < 1.29 is 4.74 Å². The van der Waals surface area contributed by atoms with Crippen molar-refractivity contribution in [2.45, 2.75) is 57.5 Å². The predicted molar refractivity (Wildman–Crippen MR) is 52.3 cm³/mol. The molecule has 0 aromatic heterocycles. The molecule has 2 nitrogen and oxygen atoms in total. The molecule has 0 saturated carbocycles. The van der Waals surface area contributed by atoms with E-state index in [1.54, 1.807) is 0 Å². The van der Waals surface area contributed by atoms with Crippen molar-refractivity contribution in [3.63, 3.8) is 0 Å². The Labute approximate surface area is 80.9 Å². The second-order valence-electron chi connectivity index (χ2n) is 3.77. The Morgan fingerprint density at radius 2 is 1.69 bits per heavy atom. The van der Waals surface area contributed by atoms with E-state index in [9.17, 15) is 0 Å². The molecule has 1 aliphatic rings. The van der Waals surface area contributed by atoms with Gasteiger partial charge in [-0.2, -0.15) is 5.26 Å². The fourth-order valence-corrected chi connectivity index (χ4v) is 1.52. The number of ether oxygens (including phenoxy) is 1. The fourth-order valence-electron chi connectivity index (χ4n) is 1.52. The number of epoxide rings is 1. The molecule has 0 amide bonds. The first-order valence-corrected chi connectivity index (χ1v) is 5.42. The van der Waals surface area contributed by atoms with Gasteiger partial charge in [0.05, 0.1) is 18.8 Å². The minimum atomic E-state index is 0.610. The quantitative estimate of drug-likeness (QED) is 0.426. The highest BCUT2D eigenvalue weighted by Gasteiger charge is 2.20. The van der Waals surface area contributed by atoms with Crippen LogP contribution < -0.4 is 0 Å². The maximum absolute atomic E-state index is 8.31. The lowest BCUT2D eigenvalue weighted by Crippen LogP contribution is -1.85. The van der Waals surface area contributed by atoms with Gasteiger partial charge in [-0.15, -0.1) is 0 Å². The molecule has 0 N–H and O–H groups in total. The highest BCUT2D eigenvalue weighted by atomic mass is 16.6. The summed E-state index contributed by atoms with van der Waals surface area (Å²) < 4.78 is 5.13. The van der Waals surface area contributed by atoms with Crippen LogP contribution in [0.25, 0.3) is 0 Å². The summed E-state index contributed by atoms with van der Waals surface area (Å²) in [5, 5.41) is 8.31. The normalized spacial score (nSPS) is 19.8. The molecule has 1 rings (SSSR count). The maximum atomic E-state index is 8.31. The van der Waals surface area contributed by atoms with E-state index in [0.29, 0.717) is 6.10 Å². The van der Waals surface area contributed by atoms with Gasteiger partial charge >= 0.3 is 0 Å². The van der Waals surface area contributed by atoms with Crippen molar-refractivity contribution >= 4 is 0 Å². The molecular formula is C11H19NO. The van der Waals surface area contributed by atoms with Crippen LogP contribution in [-0.2, 0) is 4.74 Å². The van der Waals surface area contributed by atoms with E-state index in [1.807, 2.05) is 0 Å². The van der Waals surface area contributed by atoms with Crippen LogP contribution in [-0.4, -0.2) is 12.7 Å². The third kappa shape index (κ3) is 6.60. The van der Waals surface area contributed by atoms with Gasteiger partial charge in [0, 0.05) is 6.42 Å². The van der Waals surface area contributed by atoms with E-state index >= 15 is 0 Å². The molecule has 0 radical (unpaired) electrons. The maximum Gasteiger partial charge on any atom is 0.0810 e. The Morgan fingerprint density at radius 3 is 2.31 bits per heavy atom. The number of unbranched alkanes of at least 4 members (excludes halogenated alkanes) is 6. The first-order chi connectivity index (χ1) is 6.43. The minimum absolute atomic E-state index is 0.610. The molecule has 0 bridgehead atoms. The summed E-state index contributed by atoms with van der Waals surface area (Å²) in [6.07, 6.45) is 10.2. The second-order valence-corrected chi connectivity index (χ2v) is 3.77. The largest absolute Gasteiger partial charge is 0.373 e. The van der Waals surface area contributed by atoms with Crippen molar-refractivity contribution in [1.82, 2.24) is 0 Å². The third-order valence-corrected chi connectivity index (χ3v) is 2.47. The van der Waals surface area contributed by atoms with Gasteiger partial charge < -0.3 is 4.74 Å². The van der Waals surface area contributed by atoms with Crippen molar-refractivity contribution in [2.24, 2.45) is 0 Å². The highest BCUT2D eigenvalue weighted by Crippen LogP contribution is 2.18. The summed E-state index contributed by atoms with van der Waals surface area (Å²) >= 11 is 0. The average molecular weight is 181 g/mol. The lowest BCUT2D eigenvalue weighted by atomic mass is 10.1. The predicted octanol–water partition coefficient (Wildman–Crippen LogP) is 3.03. The molecule has 2 heteroatoms. The Morgan fingerprint density at radius 1 is 1.08 bits per heavy atom. The van der Waals surface area contributed by atoms with Gasteiger partial charge in [-0.3, -0.25) is 0 Å². The van der Waals surface area contributed by atoms with E-state index in [2.05, 4.69) is 6.07 Å². The van der Waals surface area contributed by atoms with Crippen LogP contribution in [0.1, 0.15) is 51.4 Å². The molecule has 1 saturated heterocycles. The molecule has 1 heterocycles. The Bertz CT molecular complexity index is 158. The van der Waals surface area contributed by atoms with E-state index in [4.69, 9.17) is 10.00 Å². The Hall–Kier alpha value is -0.550. The van der Waals surface area contributed by atoms with Crippen LogP contribution in [0.5, 0.6) is 0 Å². The van der Waals surface area contributed by atoms with Crippen molar-refractivity contribution in [3.8, 4) is 6.07 Å². The van der Waals surface area contributed by atoms with E-state index in [0.717, 1.165) is 19.4 Å². The average Bonchev–Trinajstić information content (AvgIpc) is 2.93. The van der Waals surface area contributed by atoms with Crippen LogP contribution in [0.15, 0.2) is 0 Å². The molecule has 74 valence electrons. The SMILES string of the molecule is N#CCCCCCCCCC1CO1. The molecule has 0 aliphatic carbocycles. The summed E-state index contributed by atoms with van der Waals surface area (Å²) in [6, 6.07) is 2.18. The summed E-state index contributed by atoms with van der Waals surface area (Å²) in [7, 11) is 0. The summed E-state index contributed by atoms with van der Waals surface area (Å²) in [6.45, 7) is 1.00. The van der Waals surface area contributed by atoms with Crippen LogP contribution in [0, 0.1) is 11.3 Å². The molecule has 1 aliphatic heterocycles. The summed E-state index contributed by atoms with van der Waals surface area (Å²) in [5.74, 6) is 0. The van der Waals surface area contributed by atoms with Crippen LogP contribution in [0.3, 0.4) is 0 Å². The van der Waals surface area contributed by atoms with Gasteiger partial charge in [0.15, 0.2) is 0 Å². The van der Waals surface area contributed by atoms with Gasteiger partial charge in [0.2, 0.25) is 0 Å². The molecular weight excluding hydrogens is 162 g/mol. The Kier molecular flexibility index (Phi) is 5.60. The first kappa shape index (κ1) is 10.5. The second kappa shape index (κ2) is 6.91. The number of hydrogen-bond donors (Lipinski definition) is 0. The van der Waals surface area contributed by atoms with Gasteiger partial charge in [0.1, 0.15) is 0 Å². The topological polar surface area (TPSA) is 36.3 Å². The van der Waals surface area contributed by atoms with Gasteiger partial charge in [-0.05, 0) is 12.8 Å². The molecule has 1 unspecified atom stereocenters. The van der Waals surface area contributed by atoms with Crippen molar-refractivity contribution in [3.05, 3.63) is 0 Å². The molecule has 0 spiro atoms. The number of rotatable bonds is 8. The number of hydrogen-bond acceptors (Lipinski definition) is 2. The molecule has 0 aromatic carbocycles. The van der Waals surface area contributed by atoms with E-state index in [1.165, 1.54) is 38.5 Å². The zero-order valence-electron chi connectivity index (χ0n) is 8.30. The molecule has 1 atom stereocenters. The zero-order valence-corrected chi connectivity index (χ0v) is 8.30. The molecule has 1 fully saturated rings. The third-order valence-electron chi connectivity index (χ3n) is 2.47. The number of nitriles is 1. The highest BCUT2D eigenvalue weighted by molar-refractivity contribution is 4.69. The van der Waals surface area contributed by atoms with E-state index in [-0.39, 0.29) is 0 Å². The standard InChI is InChI=1S/C11H19NO/c12-9-7-5-3-1-2-4-6-8-11-10-13-11/h11H,1-8,10H2. The lowest BCUT2D eigenvalue weighted by Gasteiger charge is -1.98. The molecule has 0 aromatic rings. The Balaban J connectivity index is 1.66. The zero-order chi connectivity index (χ0) is 9.36. The minimum Gasteiger partial charge on any atom is -0.373 e. The smallest absolute Gasteiger partial charge is 0.0810 e. The van der Waals surface area contributed by atoms with Gasteiger partial charge in [-0.1, -0.05) is 32.1 Å². The van der Waals surface area contributed by atoms with Crippen LogP contribution in [0.4, 0.5) is 0 Å². The van der Waals surface area contributed by atoms with Crippen LogP contribution >= 0.6 is 0 Å².